The van der Waals surface area contributed by atoms with Gasteiger partial charge in [0.25, 0.3) is 10.0 Å². The molecule has 2 aromatic carbocycles. The molecule has 0 bridgehead atoms. The number of aromatic nitrogens is 3. The van der Waals surface area contributed by atoms with Crippen LogP contribution in [-0.4, -0.2) is 23.4 Å². The summed E-state index contributed by atoms with van der Waals surface area (Å²) in [6.45, 7) is 0. The van der Waals surface area contributed by atoms with Crippen LogP contribution in [0.5, 0.6) is 0 Å². The van der Waals surface area contributed by atoms with Crippen molar-refractivity contribution < 1.29 is 8.42 Å². The lowest BCUT2D eigenvalue weighted by Crippen LogP contribution is -2.12. The number of hydrogen-bond acceptors (Lipinski definition) is 4. The number of anilines is 1. The first-order valence-electron chi connectivity index (χ1n) is 7.58. The number of aromatic amines is 1. The molecule has 25 heavy (non-hydrogen) atoms. The summed E-state index contributed by atoms with van der Waals surface area (Å²) in [6, 6.07) is 15.6. The van der Waals surface area contributed by atoms with E-state index in [9.17, 15) is 8.42 Å². The van der Waals surface area contributed by atoms with Crippen molar-refractivity contribution in [2.24, 2.45) is 0 Å². The molecule has 0 saturated heterocycles. The van der Waals surface area contributed by atoms with Crippen molar-refractivity contribution >= 4 is 26.7 Å². The highest BCUT2D eigenvalue weighted by Crippen LogP contribution is 2.23. The number of benzene rings is 2. The topological polar surface area (TPSA) is 87.7 Å². The number of hydrogen-bond donors (Lipinski definition) is 2. The van der Waals surface area contributed by atoms with E-state index >= 15 is 0 Å². The van der Waals surface area contributed by atoms with E-state index in [2.05, 4.69) is 19.7 Å². The number of fused-ring (bicyclic) bond motifs is 1. The van der Waals surface area contributed by atoms with Gasteiger partial charge in [0.05, 0.1) is 27.9 Å². The molecule has 4 aromatic rings. The molecule has 7 heteroatoms. The first kappa shape index (κ1) is 15.3. The lowest BCUT2D eigenvalue weighted by molar-refractivity contribution is 0.601. The predicted molar refractivity (Wildman–Crippen MR) is 96.6 cm³/mol. The van der Waals surface area contributed by atoms with Crippen LogP contribution in [0.25, 0.3) is 22.2 Å². The second kappa shape index (κ2) is 6.03. The second-order valence-corrected chi connectivity index (χ2v) is 7.19. The quantitative estimate of drug-likeness (QED) is 0.590. The Morgan fingerprint density at radius 1 is 0.960 bits per heavy atom. The Hall–Kier alpha value is -3.19. The third kappa shape index (κ3) is 3.09. The molecule has 0 fully saturated rings. The maximum Gasteiger partial charge on any atom is 0.261 e. The van der Waals surface area contributed by atoms with Crippen molar-refractivity contribution in [2.45, 2.75) is 4.90 Å². The zero-order chi connectivity index (χ0) is 17.3. The van der Waals surface area contributed by atoms with Crippen LogP contribution >= 0.6 is 0 Å². The average Bonchev–Trinajstić information content (AvgIpc) is 3.10. The van der Waals surface area contributed by atoms with Crippen LogP contribution in [0.15, 0.2) is 78.2 Å². The van der Waals surface area contributed by atoms with E-state index in [1.54, 1.807) is 61.2 Å². The lowest BCUT2D eigenvalue weighted by Gasteiger charge is -2.09. The number of rotatable bonds is 4. The van der Waals surface area contributed by atoms with E-state index in [0.717, 1.165) is 22.2 Å². The van der Waals surface area contributed by atoms with Crippen LogP contribution < -0.4 is 4.72 Å². The Balaban J connectivity index is 1.61. The molecule has 0 unspecified atom stereocenters. The molecule has 0 atom stereocenters. The summed E-state index contributed by atoms with van der Waals surface area (Å²) in [5.74, 6) is 0. The molecular weight excluding hydrogens is 336 g/mol. The van der Waals surface area contributed by atoms with Gasteiger partial charge in [0.15, 0.2) is 0 Å². The van der Waals surface area contributed by atoms with E-state index in [0.29, 0.717) is 5.69 Å². The highest BCUT2D eigenvalue weighted by Gasteiger charge is 2.14. The molecule has 0 aliphatic heterocycles. The van der Waals surface area contributed by atoms with Crippen molar-refractivity contribution in [2.75, 3.05) is 4.72 Å². The summed E-state index contributed by atoms with van der Waals surface area (Å²) in [4.78, 5) is 11.3. The molecule has 0 saturated carbocycles. The Bertz CT molecular complexity index is 1120. The van der Waals surface area contributed by atoms with Gasteiger partial charge in [-0.3, -0.25) is 9.71 Å². The first-order valence-corrected chi connectivity index (χ1v) is 9.07. The Kier molecular flexibility index (Phi) is 3.70. The molecule has 0 spiro atoms. The number of nitrogens with one attached hydrogen (secondary N) is 2. The standard InChI is InChI=1S/C18H14N4O2S/c23-25(24,22-15-5-8-17-18(10-15)21-12-20-17)16-6-3-13(4-7-16)14-2-1-9-19-11-14/h1-12,22H,(H,20,21). The highest BCUT2D eigenvalue weighted by molar-refractivity contribution is 7.92. The van der Waals surface area contributed by atoms with Crippen LogP contribution in [-0.2, 0) is 10.0 Å². The smallest absolute Gasteiger partial charge is 0.261 e. The molecule has 6 nitrogen and oxygen atoms in total. The molecule has 0 amide bonds. The Morgan fingerprint density at radius 2 is 1.80 bits per heavy atom. The number of pyridine rings is 1. The van der Waals surface area contributed by atoms with Gasteiger partial charge >= 0.3 is 0 Å². The fourth-order valence-corrected chi connectivity index (χ4v) is 3.62. The molecule has 0 aliphatic carbocycles. The molecule has 0 radical (unpaired) electrons. The Morgan fingerprint density at radius 3 is 2.56 bits per heavy atom. The van der Waals surface area contributed by atoms with Gasteiger partial charge in [-0.1, -0.05) is 18.2 Å². The molecular formula is C18H14N4O2S. The summed E-state index contributed by atoms with van der Waals surface area (Å²) in [7, 11) is -3.66. The van der Waals surface area contributed by atoms with E-state index in [1.807, 2.05) is 12.1 Å². The van der Waals surface area contributed by atoms with E-state index < -0.39 is 10.0 Å². The minimum Gasteiger partial charge on any atom is -0.345 e. The number of nitrogens with zero attached hydrogens (tertiary/aromatic N) is 2. The molecule has 2 N–H and O–H groups in total. The van der Waals surface area contributed by atoms with Crippen molar-refractivity contribution in [3.63, 3.8) is 0 Å². The van der Waals surface area contributed by atoms with E-state index in [1.165, 1.54) is 0 Å². The third-order valence-electron chi connectivity index (χ3n) is 3.83. The third-order valence-corrected chi connectivity index (χ3v) is 5.23. The van der Waals surface area contributed by atoms with Crippen molar-refractivity contribution in [3.8, 4) is 11.1 Å². The molecule has 0 aliphatic rings. The van der Waals surface area contributed by atoms with Crippen molar-refractivity contribution in [1.82, 2.24) is 15.0 Å². The first-order chi connectivity index (χ1) is 12.1. The van der Waals surface area contributed by atoms with Crippen molar-refractivity contribution in [3.05, 3.63) is 73.3 Å². The molecule has 2 aromatic heterocycles. The minimum absolute atomic E-state index is 0.199. The van der Waals surface area contributed by atoms with Crippen LogP contribution in [0.3, 0.4) is 0 Å². The monoisotopic (exact) mass is 350 g/mol. The van der Waals surface area contributed by atoms with Gasteiger partial charge in [0.1, 0.15) is 0 Å². The largest absolute Gasteiger partial charge is 0.345 e. The van der Waals surface area contributed by atoms with Crippen LogP contribution in [0.2, 0.25) is 0 Å². The van der Waals surface area contributed by atoms with Crippen LogP contribution in [0.1, 0.15) is 0 Å². The normalized spacial score (nSPS) is 11.5. The summed E-state index contributed by atoms with van der Waals surface area (Å²) in [5.41, 5.74) is 3.87. The zero-order valence-electron chi connectivity index (χ0n) is 13.0. The number of sulfonamides is 1. The summed E-state index contributed by atoms with van der Waals surface area (Å²) in [6.07, 6.45) is 5.00. The molecule has 2 heterocycles. The van der Waals surface area contributed by atoms with Gasteiger partial charge in [-0.05, 0) is 47.5 Å². The maximum absolute atomic E-state index is 12.6. The minimum atomic E-state index is -3.66. The maximum atomic E-state index is 12.6. The average molecular weight is 350 g/mol. The molecule has 4 rings (SSSR count). The van der Waals surface area contributed by atoms with E-state index in [-0.39, 0.29) is 4.90 Å². The number of H-pyrrole nitrogens is 1. The summed E-state index contributed by atoms with van der Waals surface area (Å²) in [5, 5.41) is 0. The lowest BCUT2D eigenvalue weighted by atomic mass is 10.1. The Labute approximate surface area is 144 Å². The van der Waals surface area contributed by atoms with Gasteiger partial charge in [0, 0.05) is 12.4 Å². The SMILES string of the molecule is O=S(=O)(Nc1ccc2nc[nH]c2c1)c1ccc(-c2cccnc2)cc1. The van der Waals surface area contributed by atoms with Crippen LogP contribution in [0, 0.1) is 0 Å². The fourth-order valence-electron chi connectivity index (χ4n) is 2.57. The zero-order valence-corrected chi connectivity index (χ0v) is 13.9. The van der Waals surface area contributed by atoms with E-state index in [4.69, 9.17) is 0 Å². The highest BCUT2D eigenvalue weighted by atomic mass is 32.2. The van der Waals surface area contributed by atoms with Gasteiger partial charge < -0.3 is 4.98 Å². The van der Waals surface area contributed by atoms with Crippen molar-refractivity contribution in [1.29, 1.82) is 0 Å². The van der Waals surface area contributed by atoms with Crippen LogP contribution in [0.4, 0.5) is 5.69 Å². The van der Waals surface area contributed by atoms with Gasteiger partial charge in [-0.15, -0.1) is 0 Å². The summed E-state index contributed by atoms with van der Waals surface area (Å²) >= 11 is 0. The predicted octanol–water partition coefficient (Wildman–Crippen LogP) is 3.43. The second-order valence-electron chi connectivity index (χ2n) is 5.51. The van der Waals surface area contributed by atoms with Gasteiger partial charge in [0.2, 0.25) is 0 Å². The fraction of sp³-hybridized carbons (Fsp3) is 0. The number of imidazole rings is 1. The summed E-state index contributed by atoms with van der Waals surface area (Å²) < 4.78 is 27.7. The molecule has 124 valence electrons. The van der Waals surface area contributed by atoms with Gasteiger partial charge in [-0.2, -0.15) is 0 Å². The van der Waals surface area contributed by atoms with Gasteiger partial charge in [-0.25, -0.2) is 13.4 Å².